The maximum Gasteiger partial charge on any atom is 0.308 e. The Labute approximate surface area is 137 Å². The molecule has 0 aliphatic heterocycles. The van der Waals surface area contributed by atoms with Crippen LogP contribution in [-0.2, 0) is 23.3 Å². The van der Waals surface area contributed by atoms with Crippen molar-refractivity contribution in [1.29, 1.82) is 0 Å². The van der Waals surface area contributed by atoms with Crippen LogP contribution in [0, 0.1) is 0 Å². The summed E-state index contributed by atoms with van der Waals surface area (Å²) in [4.78, 5) is 12.7. The van der Waals surface area contributed by atoms with Crippen molar-refractivity contribution < 1.29 is 9.90 Å². The predicted octanol–water partition coefficient (Wildman–Crippen LogP) is 4.16. The highest BCUT2D eigenvalue weighted by atomic mass is 79.9. The van der Waals surface area contributed by atoms with Crippen molar-refractivity contribution in [2.24, 2.45) is 0 Å². The SMILES string of the molecule is CC(C)(NCc1ccc(CC(=O)O)s1)c1ccc(Br)cc1. The Bertz CT molecular complexity index is 619. The van der Waals surface area contributed by atoms with Gasteiger partial charge in [0.1, 0.15) is 0 Å². The van der Waals surface area contributed by atoms with E-state index in [9.17, 15) is 4.79 Å². The largest absolute Gasteiger partial charge is 0.481 e. The summed E-state index contributed by atoms with van der Waals surface area (Å²) in [5, 5.41) is 12.3. The second-order valence-corrected chi connectivity index (χ2v) is 7.59. The zero-order valence-electron chi connectivity index (χ0n) is 12.0. The molecule has 0 aliphatic carbocycles. The van der Waals surface area contributed by atoms with Gasteiger partial charge in [0.2, 0.25) is 0 Å². The highest BCUT2D eigenvalue weighted by Gasteiger charge is 2.19. The molecule has 0 fully saturated rings. The zero-order chi connectivity index (χ0) is 15.5. The summed E-state index contributed by atoms with van der Waals surface area (Å²) in [7, 11) is 0. The molecule has 0 saturated carbocycles. The van der Waals surface area contributed by atoms with Crippen LogP contribution >= 0.6 is 27.3 Å². The summed E-state index contributed by atoms with van der Waals surface area (Å²) >= 11 is 4.99. The van der Waals surface area contributed by atoms with Crippen LogP contribution in [-0.4, -0.2) is 11.1 Å². The summed E-state index contributed by atoms with van der Waals surface area (Å²) < 4.78 is 1.07. The van der Waals surface area contributed by atoms with Crippen molar-refractivity contribution in [2.75, 3.05) is 0 Å². The van der Waals surface area contributed by atoms with E-state index >= 15 is 0 Å². The predicted molar refractivity (Wildman–Crippen MR) is 89.7 cm³/mol. The first kappa shape index (κ1) is 16.2. The van der Waals surface area contributed by atoms with Crippen molar-refractivity contribution >= 4 is 33.2 Å². The van der Waals surface area contributed by atoms with E-state index < -0.39 is 5.97 Å². The van der Waals surface area contributed by atoms with Gasteiger partial charge in [0.05, 0.1) is 6.42 Å². The Morgan fingerprint density at radius 3 is 2.43 bits per heavy atom. The number of benzene rings is 1. The minimum absolute atomic E-state index is 0.0980. The zero-order valence-corrected chi connectivity index (χ0v) is 14.4. The molecule has 2 N–H and O–H groups in total. The third kappa shape index (κ3) is 4.66. The number of rotatable bonds is 6. The second-order valence-electron chi connectivity index (χ2n) is 5.42. The Morgan fingerprint density at radius 2 is 1.81 bits per heavy atom. The van der Waals surface area contributed by atoms with Gasteiger partial charge in [0.15, 0.2) is 0 Å². The lowest BCUT2D eigenvalue weighted by Crippen LogP contribution is -2.35. The minimum Gasteiger partial charge on any atom is -0.481 e. The molecule has 0 saturated heterocycles. The average molecular weight is 368 g/mol. The molecule has 2 rings (SSSR count). The van der Waals surface area contributed by atoms with E-state index in [1.54, 1.807) is 11.3 Å². The van der Waals surface area contributed by atoms with E-state index in [1.807, 2.05) is 24.3 Å². The number of hydrogen-bond donors (Lipinski definition) is 2. The van der Waals surface area contributed by atoms with Gasteiger partial charge in [-0.2, -0.15) is 0 Å². The minimum atomic E-state index is -0.786. The first-order valence-corrected chi connectivity index (χ1v) is 8.28. The average Bonchev–Trinajstić information content (AvgIpc) is 2.84. The molecular weight excluding hydrogens is 350 g/mol. The molecule has 0 amide bonds. The van der Waals surface area contributed by atoms with Crippen molar-refractivity contribution in [3.05, 3.63) is 56.2 Å². The fraction of sp³-hybridized carbons (Fsp3) is 0.312. The molecule has 0 spiro atoms. The summed E-state index contributed by atoms with van der Waals surface area (Å²) in [5.41, 5.74) is 1.07. The van der Waals surface area contributed by atoms with E-state index in [-0.39, 0.29) is 12.0 Å². The maximum atomic E-state index is 10.7. The van der Waals surface area contributed by atoms with Gasteiger partial charge < -0.3 is 10.4 Å². The molecule has 112 valence electrons. The smallest absolute Gasteiger partial charge is 0.308 e. The van der Waals surface area contributed by atoms with Crippen LogP contribution in [0.3, 0.4) is 0 Å². The molecule has 0 aliphatic rings. The number of carboxylic acid groups (broad SMARTS) is 1. The Kier molecular flexibility index (Phi) is 5.19. The third-order valence-corrected chi connectivity index (χ3v) is 4.93. The topological polar surface area (TPSA) is 49.3 Å². The van der Waals surface area contributed by atoms with Crippen LogP contribution in [0.2, 0.25) is 0 Å². The summed E-state index contributed by atoms with van der Waals surface area (Å²) in [6.07, 6.45) is 0.0980. The summed E-state index contributed by atoms with van der Waals surface area (Å²) in [5.74, 6) is -0.786. The number of thiophene rings is 1. The van der Waals surface area contributed by atoms with Crippen LogP contribution in [0.4, 0.5) is 0 Å². The van der Waals surface area contributed by atoms with E-state index in [0.29, 0.717) is 0 Å². The molecule has 0 radical (unpaired) electrons. The van der Waals surface area contributed by atoms with Crippen molar-refractivity contribution in [3.8, 4) is 0 Å². The molecule has 5 heteroatoms. The molecule has 0 unspecified atom stereocenters. The molecule has 21 heavy (non-hydrogen) atoms. The lowest BCUT2D eigenvalue weighted by atomic mass is 9.94. The number of halogens is 1. The summed E-state index contributed by atoms with van der Waals surface area (Å²) in [6, 6.07) is 12.2. The van der Waals surface area contributed by atoms with Gasteiger partial charge in [0.25, 0.3) is 0 Å². The van der Waals surface area contributed by atoms with E-state index in [0.717, 1.165) is 20.8 Å². The maximum absolute atomic E-state index is 10.7. The van der Waals surface area contributed by atoms with E-state index in [4.69, 9.17) is 5.11 Å². The Morgan fingerprint density at radius 1 is 1.19 bits per heavy atom. The number of aliphatic carboxylic acids is 1. The van der Waals surface area contributed by atoms with Crippen LogP contribution in [0.1, 0.15) is 29.2 Å². The summed E-state index contributed by atoms with van der Waals surface area (Å²) in [6.45, 7) is 5.01. The second kappa shape index (κ2) is 6.73. The van der Waals surface area contributed by atoms with Gasteiger partial charge in [-0.15, -0.1) is 11.3 Å². The quantitative estimate of drug-likeness (QED) is 0.805. The number of hydrogen-bond acceptors (Lipinski definition) is 3. The third-order valence-electron chi connectivity index (χ3n) is 3.31. The molecule has 0 bridgehead atoms. The van der Waals surface area contributed by atoms with Gasteiger partial charge in [-0.3, -0.25) is 4.79 Å². The standard InChI is InChI=1S/C16H18BrNO2S/c1-16(2,11-3-5-12(17)6-4-11)18-10-14-8-7-13(21-14)9-15(19)20/h3-8,18H,9-10H2,1-2H3,(H,19,20). The van der Waals surface area contributed by atoms with Crippen LogP contribution in [0.25, 0.3) is 0 Å². The van der Waals surface area contributed by atoms with Crippen molar-refractivity contribution in [2.45, 2.75) is 32.4 Å². The lowest BCUT2D eigenvalue weighted by molar-refractivity contribution is -0.136. The molecule has 3 nitrogen and oxygen atoms in total. The molecule has 1 heterocycles. The Balaban J connectivity index is 1.99. The number of nitrogens with one attached hydrogen (secondary N) is 1. The van der Waals surface area contributed by atoms with Crippen LogP contribution in [0.15, 0.2) is 40.9 Å². The van der Waals surface area contributed by atoms with Gasteiger partial charge in [0, 0.05) is 26.3 Å². The first-order chi connectivity index (χ1) is 9.87. The normalized spacial score (nSPS) is 11.6. The monoisotopic (exact) mass is 367 g/mol. The van der Waals surface area contributed by atoms with Crippen molar-refractivity contribution in [3.63, 3.8) is 0 Å². The first-order valence-electron chi connectivity index (χ1n) is 6.67. The number of carbonyl (C=O) groups is 1. The van der Waals surface area contributed by atoms with Gasteiger partial charge in [-0.25, -0.2) is 0 Å². The molecule has 0 atom stereocenters. The fourth-order valence-corrected chi connectivity index (χ4v) is 3.25. The van der Waals surface area contributed by atoms with Crippen LogP contribution in [0.5, 0.6) is 0 Å². The number of carboxylic acids is 1. The van der Waals surface area contributed by atoms with Gasteiger partial charge >= 0.3 is 5.97 Å². The highest BCUT2D eigenvalue weighted by molar-refractivity contribution is 9.10. The van der Waals surface area contributed by atoms with Crippen molar-refractivity contribution in [1.82, 2.24) is 5.32 Å². The van der Waals surface area contributed by atoms with Gasteiger partial charge in [-0.1, -0.05) is 28.1 Å². The fourth-order valence-electron chi connectivity index (χ4n) is 2.04. The molecular formula is C16H18BrNO2S. The molecule has 2 aromatic rings. The molecule has 1 aromatic heterocycles. The Hall–Kier alpha value is -1.17. The van der Waals surface area contributed by atoms with E-state index in [1.165, 1.54) is 5.56 Å². The van der Waals surface area contributed by atoms with Gasteiger partial charge in [-0.05, 0) is 43.7 Å². The molecule has 1 aromatic carbocycles. The van der Waals surface area contributed by atoms with E-state index in [2.05, 4.69) is 47.2 Å². The van der Waals surface area contributed by atoms with Crippen LogP contribution < -0.4 is 5.32 Å². The highest BCUT2D eigenvalue weighted by Crippen LogP contribution is 2.24. The lowest BCUT2D eigenvalue weighted by Gasteiger charge is -2.27.